The van der Waals surface area contributed by atoms with Crippen molar-refractivity contribution in [3.05, 3.63) is 65.7 Å². The number of likely N-dealkylation sites (tertiary alicyclic amines) is 1. The normalized spacial score (nSPS) is 14.2. The topological polar surface area (TPSA) is 86.7 Å². The summed E-state index contributed by atoms with van der Waals surface area (Å²) in [7, 11) is 1.55. The van der Waals surface area contributed by atoms with E-state index in [9.17, 15) is 4.79 Å². The van der Waals surface area contributed by atoms with Gasteiger partial charge >= 0.3 is 0 Å². The second-order valence-electron chi connectivity index (χ2n) is 8.63. The summed E-state index contributed by atoms with van der Waals surface area (Å²) in [5.41, 5.74) is 2.22. The molecule has 0 N–H and O–H groups in total. The third kappa shape index (κ3) is 5.62. The fraction of sp³-hybridized carbons (Fsp3) is 0.385. The van der Waals surface area contributed by atoms with E-state index in [0.717, 1.165) is 30.0 Å². The van der Waals surface area contributed by atoms with Gasteiger partial charge in [-0.25, -0.2) is 4.98 Å². The van der Waals surface area contributed by atoms with E-state index in [1.54, 1.807) is 13.2 Å². The number of rotatable bonds is 7. The minimum atomic E-state index is -0.117. The number of amides is 1. The minimum absolute atomic E-state index is 0.100. The van der Waals surface area contributed by atoms with E-state index in [2.05, 4.69) is 15.2 Å². The monoisotopic (exact) mass is 462 g/mol. The van der Waals surface area contributed by atoms with Gasteiger partial charge in [-0.05, 0) is 70.0 Å². The van der Waals surface area contributed by atoms with Crippen molar-refractivity contribution in [3.63, 3.8) is 0 Å². The summed E-state index contributed by atoms with van der Waals surface area (Å²) in [5.74, 6) is 2.48. The molecule has 0 aliphatic carbocycles. The number of carbonyl (C=O) groups is 1. The number of ether oxygens (including phenoxy) is 3. The molecule has 8 heteroatoms. The van der Waals surface area contributed by atoms with E-state index in [1.165, 1.54) is 6.20 Å². The number of aromatic nitrogens is 3. The van der Waals surface area contributed by atoms with Crippen LogP contribution in [0, 0.1) is 6.92 Å². The average molecular weight is 463 g/mol. The van der Waals surface area contributed by atoms with Gasteiger partial charge < -0.3 is 19.1 Å². The van der Waals surface area contributed by atoms with Crippen molar-refractivity contribution in [3.8, 4) is 23.0 Å². The van der Waals surface area contributed by atoms with Crippen LogP contribution < -0.4 is 14.2 Å². The minimum Gasteiger partial charge on any atom is -0.493 e. The van der Waals surface area contributed by atoms with Gasteiger partial charge in [-0.3, -0.25) is 4.79 Å². The first-order chi connectivity index (χ1) is 16.4. The Bertz CT molecular complexity index is 1110. The molecule has 2 aromatic heterocycles. The Morgan fingerprint density at radius 2 is 1.71 bits per heavy atom. The summed E-state index contributed by atoms with van der Waals surface area (Å²) < 4.78 is 17.1. The van der Waals surface area contributed by atoms with Gasteiger partial charge in [-0.15, -0.1) is 0 Å². The molecule has 1 aromatic carbocycles. The van der Waals surface area contributed by atoms with E-state index in [-0.39, 0.29) is 12.0 Å². The molecule has 1 aliphatic rings. The molecule has 0 atom stereocenters. The van der Waals surface area contributed by atoms with Crippen LogP contribution in [0.25, 0.3) is 0 Å². The summed E-state index contributed by atoms with van der Waals surface area (Å²) in [5, 5.41) is 8.47. The summed E-state index contributed by atoms with van der Waals surface area (Å²) in [6.07, 6.45) is 3.32. The van der Waals surface area contributed by atoms with Crippen LogP contribution in [0.2, 0.25) is 0 Å². The molecule has 3 heterocycles. The van der Waals surface area contributed by atoms with Gasteiger partial charge in [0.05, 0.1) is 30.8 Å². The van der Waals surface area contributed by atoms with Gasteiger partial charge in [0.25, 0.3) is 5.91 Å². The first-order valence-corrected chi connectivity index (χ1v) is 11.5. The maximum atomic E-state index is 13.1. The number of hydrogen-bond donors (Lipinski definition) is 0. The molecule has 4 rings (SSSR count). The van der Waals surface area contributed by atoms with E-state index in [1.807, 2.05) is 62.1 Å². The van der Waals surface area contributed by atoms with Gasteiger partial charge in [-0.1, -0.05) is 0 Å². The number of methoxy groups -OCH3 is 1. The van der Waals surface area contributed by atoms with Crippen LogP contribution in [-0.2, 0) is 0 Å². The van der Waals surface area contributed by atoms with Crippen LogP contribution in [0.3, 0.4) is 0 Å². The summed E-state index contributed by atoms with van der Waals surface area (Å²) >= 11 is 0. The van der Waals surface area contributed by atoms with Crippen molar-refractivity contribution in [2.45, 2.75) is 45.6 Å². The Labute approximate surface area is 199 Å². The zero-order valence-electron chi connectivity index (χ0n) is 20.0. The first kappa shape index (κ1) is 23.5. The lowest BCUT2D eigenvalue weighted by molar-refractivity contribution is 0.0705. The fourth-order valence-corrected chi connectivity index (χ4v) is 3.93. The van der Waals surface area contributed by atoms with E-state index in [4.69, 9.17) is 14.2 Å². The average Bonchev–Trinajstić information content (AvgIpc) is 2.85. The summed E-state index contributed by atoms with van der Waals surface area (Å²) in [6, 6.07) is 13.0. The highest BCUT2D eigenvalue weighted by Crippen LogP contribution is 2.33. The number of nitrogens with zero attached hydrogens (tertiary/aromatic N) is 4. The number of carbonyl (C=O) groups excluding carboxylic acids is 1. The van der Waals surface area contributed by atoms with Crippen molar-refractivity contribution >= 4 is 5.91 Å². The molecule has 34 heavy (non-hydrogen) atoms. The zero-order valence-corrected chi connectivity index (χ0v) is 20.0. The standard InChI is InChI=1S/C26H30N4O4/c1-17(2)33-20-6-8-21(9-7-20)34-25-16-27-23(15-24(25)32-4)26(31)30-13-11-19(12-14-30)22-10-5-18(3)28-29-22/h5-10,15-17,19H,11-14H2,1-4H3. The molecular formula is C26H30N4O4. The van der Waals surface area contributed by atoms with Crippen molar-refractivity contribution in [1.29, 1.82) is 0 Å². The van der Waals surface area contributed by atoms with Crippen LogP contribution >= 0.6 is 0 Å². The molecule has 178 valence electrons. The molecule has 3 aromatic rings. The highest BCUT2D eigenvalue weighted by atomic mass is 16.5. The largest absolute Gasteiger partial charge is 0.493 e. The third-order valence-corrected chi connectivity index (χ3v) is 5.71. The van der Waals surface area contributed by atoms with E-state index < -0.39 is 0 Å². The summed E-state index contributed by atoms with van der Waals surface area (Å²) in [6.45, 7) is 7.17. The second-order valence-corrected chi connectivity index (χ2v) is 8.63. The quantitative estimate of drug-likeness (QED) is 0.499. The zero-order chi connectivity index (χ0) is 24.1. The molecule has 1 fully saturated rings. The number of pyridine rings is 1. The van der Waals surface area contributed by atoms with Crippen molar-refractivity contribution < 1.29 is 19.0 Å². The maximum Gasteiger partial charge on any atom is 0.272 e. The van der Waals surface area contributed by atoms with E-state index in [0.29, 0.717) is 41.9 Å². The molecule has 8 nitrogen and oxygen atoms in total. The van der Waals surface area contributed by atoms with Crippen molar-refractivity contribution in [1.82, 2.24) is 20.1 Å². The lowest BCUT2D eigenvalue weighted by Gasteiger charge is -2.31. The van der Waals surface area contributed by atoms with Gasteiger partial charge in [0.1, 0.15) is 17.2 Å². The molecule has 1 aliphatic heterocycles. The molecule has 0 spiro atoms. The third-order valence-electron chi connectivity index (χ3n) is 5.71. The Morgan fingerprint density at radius 1 is 1.00 bits per heavy atom. The number of aryl methyl sites for hydroxylation is 1. The predicted molar refractivity (Wildman–Crippen MR) is 128 cm³/mol. The predicted octanol–water partition coefficient (Wildman–Crippen LogP) is 4.79. The van der Waals surface area contributed by atoms with Gasteiger partial charge in [0.2, 0.25) is 0 Å². The number of piperidine rings is 1. The lowest BCUT2D eigenvalue weighted by Crippen LogP contribution is -2.38. The molecule has 0 saturated carbocycles. The van der Waals surface area contributed by atoms with Crippen LogP contribution in [0.15, 0.2) is 48.7 Å². The number of benzene rings is 1. The summed E-state index contributed by atoms with van der Waals surface area (Å²) in [4.78, 5) is 19.3. The van der Waals surface area contributed by atoms with Gasteiger partial charge in [-0.2, -0.15) is 10.2 Å². The van der Waals surface area contributed by atoms with Gasteiger partial charge in [0, 0.05) is 25.1 Å². The molecule has 0 bridgehead atoms. The van der Waals surface area contributed by atoms with Crippen LogP contribution in [0.4, 0.5) is 0 Å². The van der Waals surface area contributed by atoms with Crippen molar-refractivity contribution in [2.75, 3.05) is 20.2 Å². The van der Waals surface area contributed by atoms with Gasteiger partial charge in [0.15, 0.2) is 11.5 Å². The Kier molecular flexibility index (Phi) is 7.25. The molecule has 1 amide bonds. The maximum absolute atomic E-state index is 13.1. The SMILES string of the molecule is COc1cc(C(=O)N2CCC(c3ccc(C)nn3)CC2)ncc1Oc1ccc(OC(C)C)cc1. The fourth-order valence-electron chi connectivity index (χ4n) is 3.93. The molecular weight excluding hydrogens is 432 g/mol. The smallest absolute Gasteiger partial charge is 0.272 e. The van der Waals surface area contributed by atoms with Crippen LogP contribution in [0.1, 0.15) is 54.5 Å². The van der Waals surface area contributed by atoms with Crippen LogP contribution in [0.5, 0.6) is 23.0 Å². The molecule has 0 radical (unpaired) electrons. The van der Waals surface area contributed by atoms with Crippen LogP contribution in [-0.4, -0.2) is 52.3 Å². The molecule has 0 unspecified atom stereocenters. The Morgan fingerprint density at radius 3 is 2.32 bits per heavy atom. The first-order valence-electron chi connectivity index (χ1n) is 11.5. The Balaban J connectivity index is 1.40. The Hall–Kier alpha value is -3.68. The highest BCUT2D eigenvalue weighted by Gasteiger charge is 2.27. The lowest BCUT2D eigenvalue weighted by atomic mass is 9.93. The van der Waals surface area contributed by atoms with Crippen molar-refractivity contribution in [2.24, 2.45) is 0 Å². The second kappa shape index (κ2) is 10.5. The molecule has 1 saturated heterocycles. The highest BCUT2D eigenvalue weighted by molar-refractivity contribution is 5.93. The number of hydrogen-bond acceptors (Lipinski definition) is 7. The van der Waals surface area contributed by atoms with E-state index >= 15 is 0 Å².